The fourth-order valence-electron chi connectivity index (χ4n) is 3.81. The van der Waals surface area contributed by atoms with Gasteiger partial charge >= 0.3 is 0 Å². The van der Waals surface area contributed by atoms with Crippen LogP contribution in [0.2, 0.25) is 0 Å². The maximum absolute atomic E-state index is 9.91. The lowest BCUT2D eigenvalue weighted by molar-refractivity contribution is -0.0964. The summed E-state index contributed by atoms with van der Waals surface area (Å²) in [5.41, 5.74) is 3.18. The summed E-state index contributed by atoms with van der Waals surface area (Å²) in [4.78, 5) is 2.32. The standard InChI is InChI=1S/C21H31N3O4/c1-14(2)9-16-11-17(23-22-16)12-24-7-8-28-20(13-25)21(24)15-5-6-18(26-3)19(10-15)27-4/h5-6,10-11,14,20-21,25H,7-9,12-13H2,1-4H3,(H,22,23)/t20-,21-/m1/s1. The second-order valence-corrected chi connectivity index (χ2v) is 7.60. The van der Waals surface area contributed by atoms with Crippen molar-refractivity contribution < 1.29 is 19.3 Å². The van der Waals surface area contributed by atoms with Gasteiger partial charge in [-0.25, -0.2) is 0 Å². The Morgan fingerprint density at radius 2 is 2.04 bits per heavy atom. The molecule has 1 saturated heterocycles. The molecule has 2 N–H and O–H groups in total. The molecule has 7 nitrogen and oxygen atoms in total. The Hall–Kier alpha value is -2.09. The van der Waals surface area contributed by atoms with E-state index in [0.29, 0.717) is 30.6 Å². The Bertz CT molecular complexity index is 762. The van der Waals surface area contributed by atoms with Crippen LogP contribution in [0, 0.1) is 5.92 Å². The van der Waals surface area contributed by atoms with E-state index in [2.05, 4.69) is 35.0 Å². The molecule has 0 unspecified atom stereocenters. The van der Waals surface area contributed by atoms with Crippen LogP contribution in [0.15, 0.2) is 24.3 Å². The van der Waals surface area contributed by atoms with Gasteiger partial charge in [0.15, 0.2) is 11.5 Å². The van der Waals surface area contributed by atoms with Gasteiger partial charge in [0.2, 0.25) is 0 Å². The topological polar surface area (TPSA) is 79.8 Å². The Balaban J connectivity index is 1.85. The maximum atomic E-state index is 9.91. The second-order valence-electron chi connectivity index (χ2n) is 7.60. The number of aliphatic hydroxyl groups excluding tert-OH is 1. The molecule has 0 spiro atoms. The first-order valence-corrected chi connectivity index (χ1v) is 9.77. The van der Waals surface area contributed by atoms with Crippen molar-refractivity contribution in [2.45, 2.75) is 39.0 Å². The smallest absolute Gasteiger partial charge is 0.161 e. The molecule has 0 radical (unpaired) electrons. The zero-order valence-corrected chi connectivity index (χ0v) is 17.1. The quantitative estimate of drug-likeness (QED) is 0.722. The van der Waals surface area contributed by atoms with E-state index < -0.39 is 0 Å². The van der Waals surface area contributed by atoms with Gasteiger partial charge in [-0.1, -0.05) is 19.9 Å². The van der Waals surface area contributed by atoms with Crippen molar-refractivity contribution in [1.29, 1.82) is 0 Å². The summed E-state index contributed by atoms with van der Waals surface area (Å²) in [5.74, 6) is 1.92. The highest BCUT2D eigenvalue weighted by atomic mass is 16.5. The van der Waals surface area contributed by atoms with Crippen molar-refractivity contribution in [3.8, 4) is 11.5 Å². The molecule has 7 heteroatoms. The second kappa shape index (κ2) is 9.41. The number of aromatic amines is 1. The number of methoxy groups -OCH3 is 2. The summed E-state index contributed by atoms with van der Waals surface area (Å²) in [7, 11) is 3.25. The molecule has 2 aromatic rings. The molecular weight excluding hydrogens is 358 g/mol. The molecule has 1 aromatic heterocycles. The molecular formula is C21H31N3O4. The van der Waals surface area contributed by atoms with Crippen LogP contribution in [0.1, 0.15) is 36.8 Å². The number of benzene rings is 1. The fourth-order valence-corrected chi connectivity index (χ4v) is 3.81. The van der Waals surface area contributed by atoms with Crippen LogP contribution in [0.3, 0.4) is 0 Å². The van der Waals surface area contributed by atoms with Crippen molar-refractivity contribution in [1.82, 2.24) is 15.1 Å². The Labute approximate surface area is 166 Å². The number of nitrogens with zero attached hydrogens (tertiary/aromatic N) is 2. The van der Waals surface area contributed by atoms with Gasteiger partial charge in [0.05, 0.1) is 39.2 Å². The van der Waals surface area contributed by atoms with E-state index in [0.717, 1.165) is 29.9 Å². The third-order valence-corrected chi connectivity index (χ3v) is 5.06. The number of ether oxygens (including phenoxy) is 3. The van der Waals surface area contributed by atoms with E-state index in [4.69, 9.17) is 14.2 Å². The van der Waals surface area contributed by atoms with Crippen LogP contribution in [0.5, 0.6) is 11.5 Å². The number of rotatable bonds is 8. The number of morpholine rings is 1. The highest BCUT2D eigenvalue weighted by Crippen LogP contribution is 2.36. The van der Waals surface area contributed by atoms with Gasteiger partial charge in [0.25, 0.3) is 0 Å². The van der Waals surface area contributed by atoms with E-state index in [-0.39, 0.29) is 18.8 Å². The molecule has 0 aliphatic carbocycles. The summed E-state index contributed by atoms with van der Waals surface area (Å²) in [5, 5.41) is 17.5. The fraction of sp³-hybridized carbons (Fsp3) is 0.571. The molecule has 2 heterocycles. The van der Waals surface area contributed by atoms with Gasteiger partial charge in [0, 0.05) is 18.8 Å². The summed E-state index contributed by atoms with van der Waals surface area (Å²) in [6.45, 7) is 6.40. The molecule has 0 saturated carbocycles. The van der Waals surface area contributed by atoms with Crippen LogP contribution in [-0.2, 0) is 17.7 Å². The molecule has 154 valence electrons. The lowest BCUT2D eigenvalue weighted by Gasteiger charge is -2.40. The Kier molecular flexibility index (Phi) is 6.93. The van der Waals surface area contributed by atoms with Gasteiger partial charge in [0.1, 0.15) is 6.10 Å². The minimum atomic E-state index is -0.301. The normalized spacial score (nSPS) is 20.5. The SMILES string of the molecule is COc1ccc([C@@H]2[C@@H](CO)OCCN2Cc2cc(CC(C)C)n[nH]2)cc1OC. The van der Waals surface area contributed by atoms with Gasteiger partial charge in [-0.2, -0.15) is 5.10 Å². The first kappa shape index (κ1) is 20.6. The van der Waals surface area contributed by atoms with Gasteiger partial charge in [-0.3, -0.25) is 10.00 Å². The van der Waals surface area contributed by atoms with E-state index >= 15 is 0 Å². The third-order valence-electron chi connectivity index (χ3n) is 5.06. The average Bonchev–Trinajstić information content (AvgIpc) is 3.13. The molecule has 1 aliphatic heterocycles. The van der Waals surface area contributed by atoms with E-state index in [9.17, 15) is 5.11 Å². The lowest BCUT2D eigenvalue weighted by Crippen LogP contribution is -2.46. The van der Waals surface area contributed by atoms with E-state index in [1.165, 1.54) is 0 Å². The van der Waals surface area contributed by atoms with Crippen LogP contribution in [-0.4, -0.2) is 60.3 Å². The van der Waals surface area contributed by atoms with Crippen molar-refractivity contribution in [3.05, 3.63) is 41.2 Å². The van der Waals surface area contributed by atoms with E-state index in [1.54, 1.807) is 14.2 Å². The third kappa shape index (κ3) is 4.66. The molecule has 3 rings (SSSR count). The predicted molar refractivity (Wildman–Crippen MR) is 107 cm³/mol. The zero-order valence-electron chi connectivity index (χ0n) is 17.1. The van der Waals surface area contributed by atoms with Crippen molar-refractivity contribution in [2.24, 2.45) is 5.92 Å². The minimum absolute atomic E-state index is 0.0446. The number of hydrogen-bond acceptors (Lipinski definition) is 6. The lowest BCUT2D eigenvalue weighted by atomic mass is 9.97. The van der Waals surface area contributed by atoms with Crippen LogP contribution < -0.4 is 9.47 Å². The number of H-pyrrole nitrogens is 1. The number of nitrogens with one attached hydrogen (secondary N) is 1. The first-order valence-electron chi connectivity index (χ1n) is 9.77. The predicted octanol–water partition coefficient (Wildman–Crippen LogP) is 2.56. The highest BCUT2D eigenvalue weighted by molar-refractivity contribution is 5.44. The van der Waals surface area contributed by atoms with Crippen LogP contribution >= 0.6 is 0 Å². The van der Waals surface area contributed by atoms with Crippen molar-refractivity contribution in [3.63, 3.8) is 0 Å². The summed E-state index contributed by atoms with van der Waals surface area (Å²) in [6, 6.07) is 7.91. The van der Waals surface area contributed by atoms with Crippen LogP contribution in [0.4, 0.5) is 0 Å². The van der Waals surface area contributed by atoms with E-state index in [1.807, 2.05) is 18.2 Å². The largest absolute Gasteiger partial charge is 0.493 e. The van der Waals surface area contributed by atoms with Gasteiger partial charge in [-0.15, -0.1) is 0 Å². The summed E-state index contributed by atoms with van der Waals surface area (Å²) < 4.78 is 16.7. The van der Waals surface area contributed by atoms with Crippen molar-refractivity contribution in [2.75, 3.05) is 34.0 Å². The summed E-state index contributed by atoms with van der Waals surface area (Å²) >= 11 is 0. The average molecular weight is 389 g/mol. The van der Waals surface area contributed by atoms with Gasteiger partial charge in [-0.05, 0) is 36.1 Å². The molecule has 2 atom stereocenters. The minimum Gasteiger partial charge on any atom is -0.493 e. The molecule has 0 bridgehead atoms. The zero-order chi connectivity index (χ0) is 20.1. The molecule has 1 fully saturated rings. The Morgan fingerprint density at radius 1 is 1.25 bits per heavy atom. The molecule has 28 heavy (non-hydrogen) atoms. The number of hydrogen-bond donors (Lipinski definition) is 2. The maximum Gasteiger partial charge on any atom is 0.161 e. The molecule has 0 amide bonds. The number of aliphatic hydroxyl groups is 1. The number of aromatic nitrogens is 2. The highest BCUT2D eigenvalue weighted by Gasteiger charge is 2.34. The first-order chi connectivity index (χ1) is 13.5. The Morgan fingerprint density at radius 3 is 2.71 bits per heavy atom. The van der Waals surface area contributed by atoms with Crippen molar-refractivity contribution >= 4 is 0 Å². The van der Waals surface area contributed by atoms with Crippen LogP contribution in [0.25, 0.3) is 0 Å². The summed E-state index contributed by atoms with van der Waals surface area (Å²) in [6.07, 6.45) is 0.655. The molecule has 1 aromatic carbocycles. The molecule has 1 aliphatic rings. The van der Waals surface area contributed by atoms with Gasteiger partial charge < -0.3 is 19.3 Å². The monoisotopic (exact) mass is 389 g/mol.